The van der Waals surface area contributed by atoms with E-state index in [2.05, 4.69) is 22.4 Å². The fourth-order valence-electron chi connectivity index (χ4n) is 4.04. The molecule has 0 spiro atoms. The van der Waals surface area contributed by atoms with Crippen LogP contribution in [0.15, 0.2) is 21.1 Å². The van der Waals surface area contributed by atoms with Crippen LogP contribution in [-0.4, -0.2) is 46.6 Å². The van der Waals surface area contributed by atoms with Crippen LogP contribution in [0.5, 0.6) is 0 Å². The van der Waals surface area contributed by atoms with Gasteiger partial charge in [-0.2, -0.15) is 0 Å². The first kappa shape index (κ1) is 21.3. The minimum Gasteiger partial charge on any atom is -0.466 e. The highest BCUT2D eigenvalue weighted by Gasteiger charge is 2.30. The Morgan fingerprint density at radius 3 is 2.72 bits per heavy atom. The van der Waals surface area contributed by atoms with Crippen LogP contribution in [0.4, 0.5) is 0 Å². The fourth-order valence-corrected chi connectivity index (χ4v) is 4.04. The van der Waals surface area contributed by atoms with Crippen LogP contribution >= 0.6 is 12.4 Å². The number of aromatic nitrogens is 2. The van der Waals surface area contributed by atoms with Crippen LogP contribution in [0.2, 0.25) is 0 Å². The first-order valence-corrected chi connectivity index (χ1v) is 9.85. The Morgan fingerprint density at radius 2 is 2.10 bits per heavy atom. The number of nitrogens with one attached hydrogen (secondary N) is 1. The summed E-state index contributed by atoms with van der Waals surface area (Å²) in [4.78, 5) is 20.2. The standard InChI is InChI=1S/C21H26N4O3.ClH/c1-5-8-25(15-6-7-22-11-15)21(26)17-10-18(16-9-12(2)27-14(16)4)23-20-19(17)13(3)24-28-20;/h9-10,15,22H,5-8,11H2,1-4H3;1H. The van der Waals surface area contributed by atoms with Gasteiger partial charge in [-0.3, -0.25) is 4.79 Å². The van der Waals surface area contributed by atoms with Crippen molar-refractivity contribution in [2.45, 2.75) is 46.6 Å². The van der Waals surface area contributed by atoms with Crippen molar-refractivity contribution in [3.63, 3.8) is 0 Å². The van der Waals surface area contributed by atoms with Crippen LogP contribution in [0, 0.1) is 20.8 Å². The number of aryl methyl sites for hydroxylation is 3. The maximum absolute atomic E-state index is 13.6. The second-order valence-electron chi connectivity index (χ2n) is 7.48. The number of fused-ring (bicyclic) bond motifs is 1. The number of amides is 1. The predicted octanol–water partition coefficient (Wildman–Crippen LogP) is 4.04. The lowest BCUT2D eigenvalue weighted by atomic mass is 10.0. The highest BCUT2D eigenvalue weighted by Crippen LogP contribution is 2.31. The molecule has 1 saturated heterocycles. The molecule has 4 rings (SSSR count). The molecule has 3 aromatic heterocycles. The fraction of sp³-hybridized carbons (Fsp3) is 0.476. The highest BCUT2D eigenvalue weighted by molar-refractivity contribution is 6.07. The van der Waals surface area contributed by atoms with Gasteiger partial charge in [0, 0.05) is 24.7 Å². The largest absolute Gasteiger partial charge is 0.466 e. The summed E-state index contributed by atoms with van der Waals surface area (Å²) < 4.78 is 11.1. The van der Waals surface area contributed by atoms with Gasteiger partial charge in [-0.25, -0.2) is 4.98 Å². The quantitative estimate of drug-likeness (QED) is 0.673. The van der Waals surface area contributed by atoms with Gasteiger partial charge in [-0.15, -0.1) is 12.4 Å². The zero-order chi connectivity index (χ0) is 19.8. The maximum Gasteiger partial charge on any atom is 0.259 e. The van der Waals surface area contributed by atoms with E-state index in [1.807, 2.05) is 37.8 Å². The lowest BCUT2D eigenvalue weighted by molar-refractivity contribution is 0.0694. The second-order valence-corrected chi connectivity index (χ2v) is 7.48. The molecule has 0 aromatic carbocycles. The van der Waals surface area contributed by atoms with Gasteiger partial charge in [-0.05, 0) is 52.3 Å². The molecule has 1 aliphatic rings. The van der Waals surface area contributed by atoms with Gasteiger partial charge in [0.2, 0.25) is 0 Å². The van der Waals surface area contributed by atoms with E-state index < -0.39 is 0 Å². The number of halogens is 1. The number of carbonyl (C=O) groups is 1. The number of nitrogens with zero attached hydrogens (tertiary/aromatic N) is 3. The molecular weight excluding hydrogens is 392 g/mol. The van der Waals surface area contributed by atoms with Crippen molar-refractivity contribution < 1.29 is 13.7 Å². The summed E-state index contributed by atoms with van der Waals surface area (Å²) in [6.45, 7) is 10.2. The van der Waals surface area contributed by atoms with Gasteiger partial charge in [0.05, 0.1) is 22.3 Å². The predicted molar refractivity (Wildman–Crippen MR) is 114 cm³/mol. The number of hydrogen-bond acceptors (Lipinski definition) is 6. The van der Waals surface area contributed by atoms with E-state index in [0.29, 0.717) is 28.1 Å². The SMILES string of the molecule is CCCN(C(=O)c1cc(-c2cc(C)oc2C)nc2onc(C)c12)C1CCNC1.Cl. The zero-order valence-electron chi connectivity index (χ0n) is 17.2. The first-order chi connectivity index (χ1) is 13.5. The van der Waals surface area contributed by atoms with Crippen molar-refractivity contribution in [1.29, 1.82) is 0 Å². The lowest BCUT2D eigenvalue weighted by Crippen LogP contribution is -2.42. The van der Waals surface area contributed by atoms with Crippen LogP contribution in [0.1, 0.15) is 47.3 Å². The third-order valence-corrected chi connectivity index (χ3v) is 5.36. The van der Waals surface area contributed by atoms with Gasteiger partial charge in [0.15, 0.2) is 0 Å². The van der Waals surface area contributed by atoms with Crippen molar-refractivity contribution in [2.75, 3.05) is 19.6 Å². The highest BCUT2D eigenvalue weighted by atomic mass is 35.5. The van der Waals surface area contributed by atoms with E-state index in [4.69, 9.17) is 8.94 Å². The van der Waals surface area contributed by atoms with E-state index in [1.165, 1.54) is 0 Å². The molecule has 0 saturated carbocycles. The topological polar surface area (TPSA) is 84.4 Å². The number of rotatable bonds is 5. The number of furan rings is 1. The molecule has 0 bridgehead atoms. The number of hydrogen-bond donors (Lipinski definition) is 1. The summed E-state index contributed by atoms with van der Waals surface area (Å²) >= 11 is 0. The summed E-state index contributed by atoms with van der Waals surface area (Å²) in [5.41, 5.74) is 3.20. The Kier molecular flexibility index (Phi) is 6.29. The maximum atomic E-state index is 13.6. The third kappa shape index (κ3) is 3.89. The molecule has 1 atom stereocenters. The molecule has 0 radical (unpaired) electrons. The molecule has 1 fully saturated rings. The average Bonchev–Trinajstić information content (AvgIpc) is 3.40. The molecular formula is C21H27ClN4O3. The Hall–Kier alpha value is -2.38. The van der Waals surface area contributed by atoms with E-state index in [9.17, 15) is 4.79 Å². The molecule has 1 unspecified atom stereocenters. The molecule has 3 aromatic rings. The first-order valence-electron chi connectivity index (χ1n) is 9.85. The lowest BCUT2D eigenvalue weighted by Gasteiger charge is -2.28. The van der Waals surface area contributed by atoms with Gasteiger partial charge < -0.3 is 19.2 Å². The summed E-state index contributed by atoms with van der Waals surface area (Å²) in [6.07, 6.45) is 1.88. The minimum absolute atomic E-state index is 0. The third-order valence-electron chi connectivity index (χ3n) is 5.36. The summed E-state index contributed by atoms with van der Waals surface area (Å²) in [6, 6.07) is 4.00. The Balaban J connectivity index is 0.00000240. The molecule has 1 N–H and O–H groups in total. The van der Waals surface area contributed by atoms with Crippen molar-refractivity contribution in [2.24, 2.45) is 0 Å². The second kappa shape index (κ2) is 8.55. The molecule has 1 aliphatic heterocycles. The zero-order valence-corrected chi connectivity index (χ0v) is 18.1. The van der Waals surface area contributed by atoms with Crippen molar-refractivity contribution in [1.82, 2.24) is 20.4 Å². The summed E-state index contributed by atoms with van der Waals surface area (Å²) in [5, 5.41) is 8.11. The summed E-state index contributed by atoms with van der Waals surface area (Å²) in [5.74, 6) is 1.58. The molecule has 8 heteroatoms. The van der Waals surface area contributed by atoms with Gasteiger partial charge in [-0.1, -0.05) is 12.1 Å². The van der Waals surface area contributed by atoms with Crippen molar-refractivity contribution in [3.8, 4) is 11.3 Å². The molecule has 156 valence electrons. The van der Waals surface area contributed by atoms with Gasteiger partial charge >= 0.3 is 0 Å². The van der Waals surface area contributed by atoms with E-state index >= 15 is 0 Å². The molecule has 1 amide bonds. The molecule has 7 nitrogen and oxygen atoms in total. The molecule has 0 aliphatic carbocycles. The number of carbonyl (C=O) groups excluding carboxylic acids is 1. The smallest absolute Gasteiger partial charge is 0.259 e. The normalized spacial score (nSPS) is 16.2. The molecule has 29 heavy (non-hydrogen) atoms. The van der Waals surface area contributed by atoms with Crippen LogP contribution in [0.25, 0.3) is 22.4 Å². The van der Waals surface area contributed by atoms with E-state index in [0.717, 1.165) is 49.6 Å². The van der Waals surface area contributed by atoms with Crippen LogP contribution in [0.3, 0.4) is 0 Å². The van der Waals surface area contributed by atoms with Gasteiger partial charge in [0.1, 0.15) is 11.5 Å². The Morgan fingerprint density at radius 1 is 1.31 bits per heavy atom. The number of pyridine rings is 1. The van der Waals surface area contributed by atoms with E-state index in [-0.39, 0.29) is 24.4 Å². The van der Waals surface area contributed by atoms with Crippen LogP contribution < -0.4 is 5.32 Å². The van der Waals surface area contributed by atoms with Crippen molar-refractivity contribution in [3.05, 3.63) is 34.9 Å². The van der Waals surface area contributed by atoms with Crippen molar-refractivity contribution >= 4 is 29.4 Å². The average molecular weight is 419 g/mol. The van der Waals surface area contributed by atoms with Crippen LogP contribution in [-0.2, 0) is 0 Å². The summed E-state index contributed by atoms with van der Waals surface area (Å²) in [7, 11) is 0. The Labute approximate surface area is 176 Å². The molecule has 4 heterocycles. The minimum atomic E-state index is 0. The van der Waals surface area contributed by atoms with Gasteiger partial charge in [0.25, 0.3) is 11.6 Å². The van der Waals surface area contributed by atoms with E-state index in [1.54, 1.807) is 0 Å². The Bertz CT molecular complexity index is 1020. The monoisotopic (exact) mass is 418 g/mol.